The van der Waals surface area contributed by atoms with Gasteiger partial charge in [-0.25, -0.2) is 19.9 Å². The maximum atomic E-state index is 12.8. The number of alkyl halides is 3. The summed E-state index contributed by atoms with van der Waals surface area (Å²) in [6.07, 6.45) is -3.86. The average Bonchev–Trinajstić information content (AvgIpc) is 3.62. The molecule has 1 N–H and O–H groups in total. The number of nitrogens with one attached hydrogen (secondary N) is 1. The first kappa shape index (κ1) is 31.7. The van der Waals surface area contributed by atoms with Gasteiger partial charge in [-0.1, -0.05) is 62.0 Å². The number of aliphatic imine (C=N–C) groups is 1. The number of nitrogens with zero attached hydrogens (tertiary/aromatic N) is 5. The first-order chi connectivity index (χ1) is 21.4. The summed E-state index contributed by atoms with van der Waals surface area (Å²) < 4.78 is 42.6. The third-order valence-electron chi connectivity index (χ3n) is 6.80. The highest BCUT2D eigenvalue weighted by Gasteiger charge is 2.33. The molecule has 1 atom stereocenters. The number of ether oxygens (including phenoxy) is 1. The lowest BCUT2D eigenvalue weighted by molar-refractivity contribution is -0.274. The molecular formula is C31H29F3N6O4S. The Kier molecular flexibility index (Phi) is 9.25. The number of hydrogen-bond donors (Lipinski definition) is 1. The Morgan fingerprint density at radius 1 is 1.04 bits per heavy atom. The van der Waals surface area contributed by atoms with Crippen molar-refractivity contribution in [1.82, 2.24) is 20.2 Å². The van der Waals surface area contributed by atoms with Gasteiger partial charge in [-0.3, -0.25) is 14.5 Å². The summed E-state index contributed by atoms with van der Waals surface area (Å²) in [5.41, 5.74) is 6.98. The van der Waals surface area contributed by atoms with Gasteiger partial charge in [0, 0.05) is 5.56 Å². The second-order valence-electron chi connectivity index (χ2n) is 10.5. The van der Waals surface area contributed by atoms with Crippen LogP contribution in [0.2, 0.25) is 0 Å². The van der Waals surface area contributed by atoms with Crippen molar-refractivity contribution >= 4 is 34.6 Å². The Balaban J connectivity index is 1.20. The van der Waals surface area contributed by atoms with Crippen LogP contribution in [0.1, 0.15) is 49.5 Å². The van der Waals surface area contributed by atoms with Gasteiger partial charge in [0.2, 0.25) is 5.91 Å². The number of hydroxylamine groups is 1. The van der Waals surface area contributed by atoms with Crippen molar-refractivity contribution in [3.05, 3.63) is 89.7 Å². The molecular weight excluding hydrogens is 609 g/mol. The van der Waals surface area contributed by atoms with Crippen molar-refractivity contribution in [2.45, 2.75) is 46.1 Å². The Morgan fingerprint density at radius 3 is 2.42 bits per heavy atom. The molecule has 1 aliphatic rings. The average molecular weight is 639 g/mol. The third-order valence-corrected chi connectivity index (χ3v) is 7.72. The minimum atomic E-state index is -4.77. The van der Waals surface area contributed by atoms with Crippen molar-refractivity contribution in [3.63, 3.8) is 0 Å². The van der Waals surface area contributed by atoms with Crippen LogP contribution in [0.15, 0.2) is 78.0 Å². The molecule has 45 heavy (non-hydrogen) atoms. The number of aryl methyl sites for hydroxylation is 1. The number of amidine groups is 1. The van der Waals surface area contributed by atoms with Gasteiger partial charge in [0.1, 0.15) is 18.2 Å². The van der Waals surface area contributed by atoms with Gasteiger partial charge in [-0.15, -0.1) is 18.3 Å². The van der Waals surface area contributed by atoms with Crippen molar-refractivity contribution in [1.29, 1.82) is 0 Å². The SMILES string of the molecule is Cc1ccc(C(C)C)c(N2C(=O)CS/C2=N\C(=O)NOC(C)c2ccc(-c3ncn(-c4ccc(OC(F)(F)F)cc4)n3)cc2)c1. The zero-order valence-electron chi connectivity index (χ0n) is 24.7. The summed E-state index contributed by atoms with van der Waals surface area (Å²) in [7, 11) is 0. The molecule has 1 aliphatic heterocycles. The first-order valence-corrected chi connectivity index (χ1v) is 14.9. The molecule has 1 aromatic heterocycles. The van der Waals surface area contributed by atoms with E-state index in [4.69, 9.17) is 4.84 Å². The van der Waals surface area contributed by atoms with Crippen LogP contribution in [0.5, 0.6) is 5.75 Å². The van der Waals surface area contributed by atoms with E-state index >= 15 is 0 Å². The van der Waals surface area contributed by atoms with Crippen molar-refractivity contribution in [3.8, 4) is 22.8 Å². The van der Waals surface area contributed by atoms with Crippen LogP contribution in [0, 0.1) is 6.92 Å². The van der Waals surface area contributed by atoms with Crippen LogP contribution >= 0.6 is 11.8 Å². The molecule has 1 unspecified atom stereocenters. The molecule has 1 fully saturated rings. The van der Waals surface area contributed by atoms with Crippen LogP contribution in [0.25, 0.3) is 17.1 Å². The van der Waals surface area contributed by atoms with Gasteiger partial charge < -0.3 is 4.74 Å². The number of benzene rings is 3. The van der Waals surface area contributed by atoms with Crippen molar-refractivity contribution in [2.75, 3.05) is 10.7 Å². The lowest BCUT2D eigenvalue weighted by atomic mass is 9.99. The molecule has 3 amide bonds. The maximum absolute atomic E-state index is 12.8. The summed E-state index contributed by atoms with van der Waals surface area (Å²) in [5.74, 6) is 0.258. The van der Waals surface area contributed by atoms with Gasteiger partial charge in [0.05, 0.1) is 17.1 Å². The van der Waals surface area contributed by atoms with Crippen LogP contribution in [0.3, 0.4) is 0 Å². The monoisotopic (exact) mass is 638 g/mol. The Hall–Kier alpha value is -4.69. The topological polar surface area (TPSA) is 111 Å². The van der Waals surface area contributed by atoms with E-state index < -0.39 is 18.5 Å². The van der Waals surface area contributed by atoms with Crippen LogP contribution in [-0.4, -0.2) is 44.0 Å². The largest absolute Gasteiger partial charge is 0.573 e. The van der Waals surface area contributed by atoms with Crippen molar-refractivity contribution < 1.29 is 32.3 Å². The van der Waals surface area contributed by atoms with Crippen molar-refractivity contribution in [2.24, 2.45) is 4.99 Å². The normalized spacial score (nSPS) is 15.2. The fraction of sp³-hybridized carbons (Fsp3) is 0.258. The Morgan fingerprint density at radius 2 is 1.76 bits per heavy atom. The molecule has 5 rings (SSSR count). The van der Waals surface area contributed by atoms with Gasteiger partial charge in [-0.05, 0) is 66.8 Å². The summed E-state index contributed by atoms with van der Waals surface area (Å²) in [4.78, 5) is 40.9. The molecule has 234 valence electrons. The number of carbonyl (C=O) groups excluding carboxylic acids is 2. The number of thioether (sulfide) groups is 1. The Labute approximate surface area is 261 Å². The maximum Gasteiger partial charge on any atom is 0.573 e. The number of aromatic nitrogens is 3. The minimum Gasteiger partial charge on any atom is -0.406 e. The number of urea groups is 1. The molecule has 2 heterocycles. The van der Waals surface area contributed by atoms with E-state index in [2.05, 4.69) is 25.3 Å². The number of halogens is 3. The second-order valence-corrected chi connectivity index (χ2v) is 11.4. The molecule has 0 bridgehead atoms. The van der Waals surface area contributed by atoms with Gasteiger partial charge in [0.15, 0.2) is 11.0 Å². The van der Waals surface area contributed by atoms with Crippen LogP contribution < -0.4 is 15.1 Å². The summed E-state index contributed by atoms with van der Waals surface area (Å²) in [6, 6.07) is 17.6. The molecule has 0 radical (unpaired) electrons. The zero-order valence-corrected chi connectivity index (χ0v) is 25.5. The van der Waals surface area contributed by atoms with Gasteiger partial charge in [0.25, 0.3) is 0 Å². The molecule has 0 saturated carbocycles. The number of amides is 3. The predicted octanol–water partition coefficient (Wildman–Crippen LogP) is 7.10. The highest BCUT2D eigenvalue weighted by molar-refractivity contribution is 8.15. The molecule has 14 heteroatoms. The quantitative estimate of drug-likeness (QED) is 0.205. The fourth-order valence-corrected chi connectivity index (χ4v) is 5.42. The lowest BCUT2D eigenvalue weighted by Gasteiger charge is -2.22. The molecule has 0 spiro atoms. The number of carbonyl (C=O) groups is 2. The molecule has 3 aromatic carbocycles. The predicted molar refractivity (Wildman–Crippen MR) is 164 cm³/mol. The van der Waals surface area contributed by atoms with E-state index in [1.807, 2.05) is 39.0 Å². The zero-order chi connectivity index (χ0) is 32.3. The molecule has 10 nitrogen and oxygen atoms in total. The highest BCUT2D eigenvalue weighted by atomic mass is 32.2. The smallest absolute Gasteiger partial charge is 0.406 e. The molecule has 4 aromatic rings. The summed E-state index contributed by atoms with van der Waals surface area (Å²) in [5, 5.41) is 4.68. The standard InChI is InChI=1S/C31H29F3N6O4S/c1-18(2)25-14-5-19(3)15-26(25)40-27(41)16-45-30(40)36-29(42)38-44-20(4)21-6-8-22(9-7-21)28-35-17-39(37-28)23-10-12-24(13-11-23)43-31(32,33)34/h5-15,17-18,20H,16H2,1-4H3,(H,38,42)/b36-30-. The van der Waals surface area contributed by atoms with Gasteiger partial charge in [-0.2, -0.15) is 4.99 Å². The minimum absolute atomic E-state index is 0.152. The second kappa shape index (κ2) is 13.1. The fourth-order valence-electron chi connectivity index (χ4n) is 4.56. The van der Waals surface area contributed by atoms with E-state index in [9.17, 15) is 22.8 Å². The van der Waals surface area contributed by atoms with Crippen LogP contribution in [-0.2, 0) is 9.63 Å². The molecule has 0 aliphatic carbocycles. The number of rotatable bonds is 8. The van der Waals surface area contributed by atoms with E-state index in [1.54, 1.807) is 31.2 Å². The van der Waals surface area contributed by atoms with Crippen LogP contribution in [0.4, 0.5) is 23.7 Å². The Bertz CT molecular complexity index is 1720. The van der Waals surface area contributed by atoms with E-state index in [0.717, 1.165) is 16.7 Å². The number of hydrogen-bond acceptors (Lipinski definition) is 7. The summed E-state index contributed by atoms with van der Waals surface area (Å²) >= 11 is 1.19. The molecule has 1 saturated heterocycles. The lowest BCUT2D eigenvalue weighted by Crippen LogP contribution is -2.32. The van der Waals surface area contributed by atoms with Gasteiger partial charge >= 0.3 is 12.4 Å². The van der Waals surface area contributed by atoms with E-state index in [1.165, 1.54) is 51.9 Å². The number of anilines is 1. The third kappa shape index (κ3) is 7.70. The highest BCUT2D eigenvalue weighted by Crippen LogP contribution is 2.34. The summed E-state index contributed by atoms with van der Waals surface area (Å²) in [6.45, 7) is 7.78. The first-order valence-electron chi connectivity index (χ1n) is 13.9. The van der Waals surface area contributed by atoms with E-state index in [-0.39, 0.29) is 28.5 Å². The van der Waals surface area contributed by atoms with E-state index in [0.29, 0.717) is 22.8 Å².